The summed E-state index contributed by atoms with van der Waals surface area (Å²) in [6.45, 7) is 4.58. The standard InChI is InChI=1S/C38H50S4/c1-4-7-9-11-13-15-19-30-27-28-39-37(30)35-25-23-33(40-35)21-17-18-22-34-24-26-36(41-34)38-31(29-32(6-3)42-38)20-16-14-12-10-8-5-2/h3,23-29H,4-5,7-22H2,1-2H3. The van der Waals surface area contributed by atoms with Gasteiger partial charge < -0.3 is 0 Å². The predicted molar refractivity (Wildman–Crippen MR) is 194 cm³/mol. The van der Waals surface area contributed by atoms with Gasteiger partial charge in [-0.1, -0.05) is 84.0 Å². The van der Waals surface area contributed by atoms with Gasteiger partial charge in [0.25, 0.3) is 0 Å². The molecule has 4 aromatic rings. The second kappa shape index (κ2) is 18.9. The highest BCUT2D eigenvalue weighted by Gasteiger charge is 2.13. The number of rotatable bonds is 21. The molecule has 0 fully saturated rings. The number of aryl methyl sites for hydroxylation is 4. The molecule has 0 aliphatic heterocycles. The first-order valence-corrected chi connectivity index (χ1v) is 19.9. The lowest BCUT2D eigenvalue weighted by molar-refractivity contribution is 0.608. The molecule has 226 valence electrons. The summed E-state index contributed by atoms with van der Waals surface area (Å²) >= 11 is 7.74. The average molecular weight is 635 g/mol. The number of unbranched alkanes of at least 4 members (excludes halogenated alkanes) is 11. The molecule has 4 aromatic heterocycles. The molecule has 0 spiro atoms. The summed E-state index contributed by atoms with van der Waals surface area (Å²) < 4.78 is 0. The van der Waals surface area contributed by atoms with Gasteiger partial charge in [-0.2, -0.15) is 0 Å². The minimum Gasteiger partial charge on any atom is -0.143 e. The third kappa shape index (κ3) is 10.5. The molecule has 0 N–H and O–H groups in total. The Hall–Kier alpha value is -1.64. The zero-order valence-corrected chi connectivity index (χ0v) is 29.2. The molecule has 4 heteroatoms. The summed E-state index contributed by atoms with van der Waals surface area (Å²) in [5, 5.41) is 2.29. The Morgan fingerprint density at radius 1 is 0.548 bits per heavy atom. The monoisotopic (exact) mass is 634 g/mol. The molecule has 0 aliphatic rings. The highest BCUT2D eigenvalue weighted by atomic mass is 32.1. The molecular weight excluding hydrogens is 585 g/mol. The Morgan fingerprint density at radius 3 is 1.67 bits per heavy atom. The Morgan fingerprint density at radius 2 is 1.07 bits per heavy atom. The Kier molecular flexibility index (Phi) is 15.0. The fourth-order valence-electron chi connectivity index (χ4n) is 5.70. The number of terminal acetylenes is 1. The van der Waals surface area contributed by atoms with E-state index in [0.717, 1.165) is 11.3 Å². The first-order valence-electron chi connectivity index (χ1n) is 16.6. The summed E-state index contributed by atoms with van der Waals surface area (Å²) in [6, 6.07) is 14.1. The minimum atomic E-state index is 1.08. The van der Waals surface area contributed by atoms with Crippen molar-refractivity contribution in [2.75, 3.05) is 0 Å². The lowest BCUT2D eigenvalue weighted by Crippen LogP contribution is -1.86. The van der Waals surface area contributed by atoms with Crippen LogP contribution in [0.2, 0.25) is 0 Å². The van der Waals surface area contributed by atoms with Crippen molar-refractivity contribution in [3.05, 3.63) is 67.5 Å². The molecule has 4 rings (SSSR count). The lowest BCUT2D eigenvalue weighted by Gasteiger charge is -2.03. The number of thiophene rings is 4. The van der Waals surface area contributed by atoms with Crippen LogP contribution in [0, 0.1) is 12.3 Å². The zero-order chi connectivity index (χ0) is 29.4. The summed E-state index contributed by atoms with van der Waals surface area (Å²) in [4.78, 5) is 9.95. The van der Waals surface area contributed by atoms with E-state index in [2.05, 4.69) is 61.5 Å². The van der Waals surface area contributed by atoms with Crippen LogP contribution < -0.4 is 0 Å². The maximum atomic E-state index is 5.79. The summed E-state index contributed by atoms with van der Waals surface area (Å²) in [6.07, 6.45) is 29.3. The van der Waals surface area contributed by atoms with Crippen molar-refractivity contribution in [1.82, 2.24) is 0 Å². The molecule has 4 heterocycles. The van der Waals surface area contributed by atoms with Crippen molar-refractivity contribution in [3.63, 3.8) is 0 Å². The number of hydrogen-bond donors (Lipinski definition) is 0. The molecule has 0 saturated carbocycles. The van der Waals surface area contributed by atoms with Crippen molar-refractivity contribution in [2.45, 2.75) is 129 Å². The van der Waals surface area contributed by atoms with E-state index in [9.17, 15) is 0 Å². The first kappa shape index (κ1) is 33.3. The molecule has 42 heavy (non-hydrogen) atoms. The van der Waals surface area contributed by atoms with E-state index in [-0.39, 0.29) is 0 Å². The van der Waals surface area contributed by atoms with Crippen molar-refractivity contribution in [2.24, 2.45) is 0 Å². The van der Waals surface area contributed by atoms with Crippen LogP contribution in [-0.2, 0) is 25.7 Å². The molecule has 0 nitrogen and oxygen atoms in total. The average Bonchev–Trinajstić information content (AvgIpc) is 3.81. The van der Waals surface area contributed by atoms with Gasteiger partial charge in [-0.05, 0) is 104 Å². The fraction of sp³-hybridized carbons (Fsp3) is 0.526. The Labute approximate surface area is 272 Å². The third-order valence-electron chi connectivity index (χ3n) is 8.16. The largest absolute Gasteiger partial charge is 0.143 e. The maximum absolute atomic E-state index is 5.79. The molecule has 0 aromatic carbocycles. The molecule has 0 bridgehead atoms. The van der Waals surface area contributed by atoms with Crippen LogP contribution in [-0.4, -0.2) is 0 Å². The molecular formula is C38H50S4. The highest BCUT2D eigenvalue weighted by molar-refractivity contribution is 7.22. The van der Waals surface area contributed by atoms with E-state index in [1.165, 1.54) is 144 Å². The summed E-state index contributed by atoms with van der Waals surface area (Å²) in [5.74, 6) is 2.90. The van der Waals surface area contributed by atoms with Gasteiger partial charge in [-0.3, -0.25) is 0 Å². The minimum absolute atomic E-state index is 1.08. The maximum Gasteiger partial charge on any atom is 0.0775 e. The molecule has 0 aliphatic carbocycles. The van der Waals surface area contributed by atoms with Crippen LogP contribution in [0.5, 0.6) is 0 Å². The van der Waals surface area contributed by atoms with Crippen LogP contribution in [0.1, 0.15) is 129 Å². The van der Waals surface area contributed by atoms with E-state index in [1.54, 1.807) is 5.56 Å². The topological polar surface area (TPSA) is 0 Å². The van der Waals surface area contributed by atoms with Crippen molar-refractivity contribution in [3.8, 4) is 31.9 Å². The van der Waals surface area contributed by atoms with Crippen molar-refractivity contribution >= 4 is 45.3 Å². The molecule has 0 saturated heterocycles. The van der Waals surface area contributed by atoms with Crippen LogP contribution >= 0.6 is 45.3 Å². The van der Waals surface area contributed by atoms with Crippen molar-refractivity contribution < 1.29 is 0 Å². The zero-order valence-electron chi connectivity index (χ0n) is 26.0. The van der Waals surface area contributed by atoms with Crippen LogP contribution in [0.25, 0.3) is 19.5 Å². The van der Waals surface area contributed by atoms with Crippen molar-refractivity contribution in [1.29, 1.82) is 0 Å². The van der Waals surface area contributed by atoms with Gasteiger partial charge in [-0.15, -0.1) is 51.8 Å². The SMILES string of the molecule is C#Cc1cc(CCCCCCCC)c(-c2ccc(CCCCc3ccc(-c4sccc4CCCCCCCC)s3)s2)s1. The van der Waals surface area contributed by atoms with Crippen LogP contribution in [0.15, 0.2) is 41.8 Å². The quantitative estimate of drug-likeness (QED) is 0.0632. The first-order chi connectivity index (χ1) is 20.7. The molecule has 0 amide bonds. The van der Waals surface area contributed by atoms with Gasteiger partial charge in [0.15, 0.2) is 0 Å². The molecule has 0 unspecified atom stereocenters. The lowest BCUT2D eigenvalue weighted by atomic mass is 10.0. The van der Waals surface area contributed by atoms with Gasteiger partial charge in [0, 0.05) is 29.3 Å². The van der Waals surface area contributed by atoms with Gasteiger partial charge in [-0.25, -0.2) is 0 Å². The van der Waals surface area contributed by atoms with E-state index in [4.69, 9.17) is 6.42 Å². The smallest absolute Gasteiger partial charge is 0.0775 e. The highest BCUT2D eigenvalue weighted by Crippen LogP contribution is 2.39. The molecule has 0 atom stereocenters. The van der Waals surface area contributed by atoms with Gasteiger partial charge in [0.05, 0.1) is 4.88 Å². The predicted octanol–water partition coefficient (Wildman–Crippen LogP) is 13.6. The van der Waals surface area contributed by atoms with E-state index >= 15 is 0 Å². The second-order valence-corrected chi connectivity index (χ2v) is 16.0. The fourth-order valence-corrected chi connectivity index (χ4v) is 10.1. The summed E-state index contributed by atoms with van der Waals surface area (Å²) in [5.41, 5.74) is 3.03. The van der Waals surface area contributed by atoms with Gasteiger partial charge in [0.1, 0.15) is 0 Å². The molecule has 0 radical (unpaired) electrons. The second-order valence-electron chi connectivity index (χ2n) is 11.7. The Balaban J connectivity index is 1.22. The van der Waals surface area contributed by atoms with Gasteiger partial charge in [0.2, 0.25) is 0 Å². The van der Waals surface area contributed by atoms with Crippen LogP contribution in [0.3, 0.4) is 0 Å². The van der Waals surface area contributed by atoms with E-state index in [1.807, 2.05) is 45.3 Å². The Bertz CT molecular complexity index is 1340. The summed E-state index contributed by atoms with van der Waals surface area (Å²) in [7, 11) is 0. The normalized spacial score (nSPS) is 11.4. The van der Waals surface area contributed by atoms with Crippen LogP contribution in [0.4, 0.5) is 0 Å². The van der Waals surface area contributed by atoms with E-state index < -0.39 is 0 Å². The third-order valence-corrected chi connectivity index (χ3v) is 12.9. The van der Waals surface area contributed by atoms with E-state index in [0.29, 0.717) is 0 Å². The van der Waals surface area contributed by atoms with Gasteiger partial charge >= 0.3 is 0 Å². The number of hydrogen-bond acceptors (Lipinski definition) is 4.